The van der Waals surface area contributed by atoms with Gasteiger partial charge in [-0.15, -0.1) is 0 Å². The largest absolute Gasteiger partial charge is 0.457 e. The Hall–Kier alpha value is -3.95. The minimum Gasteiger partial charge on any atom is -0.457 e. The molecule has 0 radical (unpaired) electrons. The minimum absolute atomic E-state index is 0.0982. The van der Waals surface area contributed by atoms with E-state index in [0.717, 1.165) is 63.3 Å². The first-order chi connectivity index (χ1) is 18.5. The molecule has 0 saturated carbocycles. The molecule has 196 valence electrons. The zero-order valence-electron chi connectivity index (χ0n) is 20.9. The van der Waals surface area contributed by atoms with Gasteiger partial charge in [0.25, 0.3) is 0 Å². The number of hydrazone groups is 1. The maximum absolute atomic E-state index is 13.0. The van der Waals surface area contributed by atoms with Crippen LogP contribution in [0, 0.1) is 10.8 Å². The fourth-order valence-corrected chi connectivity index (χ4v) is 5.26. The number of aromatic nitrogens is 1. The molecule has 5 rings (SSSR count). The number of likely N-dealkylation sites (tertiary alicyclic amines) is 2. The summed E-state index contributed by atoms with van der Waals surface area (Å²) in [6.45, 7) is 4.29. The van der Waals surface area contributed by atoms with Crippen LogP contribution in [-0.2, 0) is 6.54 Å². The highest BCUT2D eigenvalue weighted by Crippen LogP contribution is 2.40. The molecule has 2 fully saturated rings. The number of urea groups is 1. The van der Waals surface area contributed by atoms with Crippen LogP contribution in [-0.4, -0.2) is 59.4 Å². The fraction of sp³-hybridized carbons (Fsp3) is 0.286. The molecule has 2 aliphatic rings. The number of nitrogens with zero attached hydrogens (tertiary/aromatic N) is 4. The van der Waals surface area contributed by atoms with Crippen molar-refractivity contribution in [1.29, 1.82) is 5.41 Å². The summed E-state index contributed by atoms with van der Waals surface area (Å²) in [6, 6.07) is 18.9. The number of rotatable bonds is 8. The number of ether oxygens (including phenoxy) is 1. The van der Waals surface area contributed by atoms with E-state index in [-0.39, 0.29) is 11.4 Å². The minimum atomic E-state index is -0.0982. The van der Waals surface area contributed by atoms with Crippen molar-refractivity contribution in [1.82, 2.24) is 14.8 Å². The number of nitrogens with one attached hydrogen (secondary N) is 3. The summed E-state index contributed by atoms with van der Waals surface area (Å²) < 4.78 is 5.98. The normalized spacial score (nSPS) is 16.7. The van der Waals surface area contributed by atoms with Crippen molar-refractivity contribution in [3.8, 4) is 11.5 Å². The number of hydrogen-bond acceptors (Lipinski definition) is 7. The Kier molecular flexibility index (Phi) is 7.86. The molecule has 0 unspecified atom stereocenters. The number of carbonyl (C=O) groups is 1. The number of amides is 2. The second-order valence-electron chi connectivity index (χ2n) is 9.79. The molecule has 1 spiro atoms. The van der Waals surface area contributed by atoms with Crippen molar-refractivity contribution in [2.45, 2.75) is 19.4 Å². The van der Waals surface area contributed by atoms with Crippen molar-refractivity contribution in [3.63, 3.8) is 0 Å². The summed E-state index contributed by atoms with van der Waals surface area (Å²) in [5.74, 6) is 2.10. The number of piperidine rings is 1. The predicted molar refractivity (Wildman–Crippen MR) is 151 cm³/mol. The third-order valence-electron chi connectivity index (χ3n) is 6.76. The molecule has 10 heteroatoms. The molecule has 2 saturated heterocycles. The van der Waals surface area contributed by atoms with Crippen molar-refractivity contribution in [2.75, 3.05) is 36.9 Å². The standard InChI is InChI=1S/C28H30ClN7O2/c29-22-5-8-24(9-6-22)38-25-4-1-3-21(15-25)17-35-18-28(19-35)11-2-14-36(20-28)27(37)33-23-7-10-26(31-16-23)34-32-13-12-30/h1,3-10,12-13,15-16,30H,2,11,14,17-20H2,(H,31,34)(H,33,37)/b30-12?,32-13-. The third kappa shape index (κ3) is 6.48. The Balaban J connectivity index is 1.11. The lowest BCUT2D eigenvalue weighted by molar-refractivity contribution is -0.0475. The maximum atomic E-state index is 13.0. The van der Waals surface area contributed by atoms with E-state index >= 15 is 0 Å². The molecule has 0 atom stereocenters. The molecule has 0 aliphatic carbocycles. The summed E-state index contributed by atoms with van der Waals surface area (Å²) in [5.41, 5.74) is 4.70. The van der Waals surface area contributed by atoms with Crippen LogP contribution in [0.15, 0.2) is 72.0 Å². The SMILES string of the molecule is N=C/C=N\Nc1ccc(NC(=O)N2CCCC3(CN(Cc4cccc(Oc5ccc(Cl)cc5)c4)C3)C2)cn1. The Morgan fingerprint density at radius 2 is 1.97 bits per heavy atom. The lowest BCUT2D eigenvalue weighted by Crippen LogP contribution is -2.63. The summed E-state index contributed by atoms with van der Waals surface area (Å²) in [7, 11) is 0. The monoisotopic (exact) mass is 531 g/mol. The summed E-state index contributed by atoms with van der Waals surface area (Å²) in [4.78, 5) is 21.5. The van der Waals surface area contributed by atoms with E-state index in [1.54, 1.807) is 18.3 Å². The molecule has 2 amide bonds. The van der Waals surface area contributed by atoms with Gasteiger partial charge in [-0.25, -0.2) is 9.78 Å². The van der Waals surface area contributed by atoms with Crippen LogP contribution >= 0.6 is 11.6 Å². The van der Waals surface area contributed by atoms with Gasteiger partial charge in [-0.3, -0.25) is 10.3 Å². The van der Waals surface area contributed by atoms with Gasteiger partial charge in [0.05, 0.1) is 18.1 Å². The first-order valence-electron chi connectivity index (χ1n) is 12.6. The molecule has 2 aromatic carbocycles. The van der Waals surface area contributed by atoms with Gasteiger partial charge in [0.15, 0.2) is 0 Å². The lowest BCUT2D eigenvalue weighted by atomic mass is 9.73. The van der Waals surface area contributed by atoms with E-state index in [9.17, 15) is 4.79 Å². The maximum Gasteiger partial charge on any atom is 0.321 e. The van der Waals surface area contributed by atoms with Crippen LogP contribution in [0.1, 0.15) is 18.4 Å². The predicted octanol–water partition coefficient (Wildman–Crippen LogP) is 5.70. The van der Waals surface area contributed by atoms with Crippen LogP contribution in [0.5, 0.6) is 11.5 Å². The molecule has 3 heterocycles. The lowest BCUT2D eigenvalue weighted by Gasteiger charge is -2.54. The molecular weight excluding hydrogens is 502 g/mol. The van der Waals surface area contributed by atoms with E-state index in [2.05, 4.69) is 37.9 Å². The molecule has 2 aliphatic heterocycles. The molecule has 3 aromatic rings. The highest BCUT2D eigenvalue weighted by Gasteiger charge is 2.46. The first-order valence-corrected chi connectivity index (χ1v) is 12.9. The van der Waals surface area contributed by atoms with Gasteiger partial charge in [-0.1, -0.05) is 23.7 Å². The average molecular weight is 532 g/mol. The topological polar surface area (TPSA) is 106 Å². The van der Waals surface area contributed by atoms with Crippen LogP contribution < -0.4 is 15.5 Å². The number of hydrogen-bond donors (Lipinski definition) is 3. The Morgan fingerprint density at radius 1 is 1.13 bits per heavy atom. The Labute approximate surface area is 227 Å². The van der Waals surface area contributed by atoms with Crippen LogP contribution in [0.3, 0.4) is 0 Å². The molecule has 3 N–H and O–H groups in total. The number of benzene rings is 2. The van der Waals surface area contributed by atoms with Crippen LogP contribution in [0.2, 0.25) is 5.02 Å². The quantitative estimate of drug-likeness (QED) is 0.255. The van der Waals surface area contributed by atoms with Gasteiger partial charge in [-0.2, -0.15) is 5.10 Å². The first kappa shape index (κ1) is 25.7. The fourth-order valence-electron chi connectivity index (χ4n) is 5.13. The van der Waals surface area contributed by atoms with E-state index in [1.807, 2.05) is 41.3 Å². The number of halogens is 1. The number of carbonyl (C=O) groups excluding carboxylic acids is 1. The van der Waals surface area contributed by atoms with E-state index in [0.29, 0.717) is 16.5 Å². The summed E-state index contributed by atoms with van der Waals surface area (Å²) >= 11 is 5.97. The Bertz CT molecular complexity index is 1290. The van der Waals surface area contributed by atoms with E-state index in [4.69, 9.17) is 21.7 Å². The zero-order chi connectivity index (χ0) is 26.4. The van der Waals surface area contributed by atoms with Crippen LogP contribution in [0.25, 0.3) is 0 Å². The van der Waals surface area contributed by atoms with Gasteiger partial charge in [0, 0.05) is 49.4 Å². The van der Waals surface area contributed by atoms with E-state index < -0.39 is 0 Å². The highest BCUT2D eigenvalue weighted by atomic mass is 35.5. The highest BCUT2D eigenvalue weighted by molar-refractivity contribution is 6.30. The van der Waals surface area contributed by atoms with E-state index in [1.165, 1.54) is 11.8 Å². The molecular formula is C28H30ClN7O2. The molecule has 38 heavy (non-hydrogen) atoms. The number of anilines is 2. The van der Waals surface area contributed by atoms with Crippen molar-refractivity contribution >= 4 is 41.6 Å². The third-order valence-corrected chi connectivity index (χ3v) is 7.02. The van der Waals surface area contributed by atoms with Crippen molar-refractivity contribution in [3.05, 3.63) is 77.4 Å². The number of pyridine rings is 1. The van der Waals surface area contributed by atoms with Crippen molar-refractivity contribution in [2.24, 2.45) is 10.5 Å². The second kappa shape index (κ2) is 11.6. The summed E-state index contributed by atoms with van der Waals surface area (Å²) in [6.07, 6.45) is 6.11. The van der Waals surface area contributed by atoms with Crippen LogP contribution in [0.4, 0.5) is 16.3 Å². The zero-order valence-corrected chi connectivity index (χ0v) is 21.7. The average Bonchev–Trinajstić information content (AvgIpc) is 2.91. The van der Waals surface area contributed by atoms with Crippen molar-refractivity contribution < 1.29 is 9.53 Å². The second-order valence-corrected chi connectivity index (χ2v) is 10.2. The van der Waals surface area contributed by atoms with Gasteiger partial charge in [0.1, 0.15) is 17.3 Å². The van der Waals surface area contributed by atoms with Gasteiger partial charge in [-0.05, 0) is 66.9 Å². The van der Waals surface area contributed by atoms with Gasteiger partial charge < -0.3 is 20.4 Å². The summed E-state index contributed by atoms with van der Waals surface area (Å²) in [5, 5.41) is 14.4. The molecule has 1 aromatic heterocycles. The molecule has 9 nitrogen and oxygen atoms in total. The van der Waals surface area contributed by atoms with Gasteiger partial charge >= 0.3 is 6.03 Å². The van der Waals surface area contributed by atoms with Gasteiger partial charge in [0.2, 0.25) is 0 Å². The Morgan fingerprint density at radius 3 is 2.74 bits per heavy atom. The smallest absolute Gasteiger partial charge is 0.321 e. The molecule has 0 bridgehead atoms.